The van der Waals surface area contributed by atoms with Gasteiger partial charge in [0, 0.05) is 12.7 Å². The van der Waals surface area contributed by atoms with E-state index in [1.165, 1.54) is 0 Å². The summed E-state index contributed by atoms with van der Waals surface area (Å²) in [5, 5.41) is 0. The number of benzene rings is 1. The van der Waals surface area contributed by atoms with Crippen molar-refractivity contribution in [3.63, 3.8) is 0 Å². The number of ether oxygens (including phenoxy) is 2. The number of methoxy groups -OCH3 is 2. The van der Waals surface area contributed by atoms with E-state index in [1.807, 2.05) is 24.3 Å². The van der Waals surface area contributed by atoms with Crippen LogP contribution in [-0.4, -0.2) is 14.2 Å². The van der Waals surface area contributed by atoms with Gasteiger partial charge in [0.2, 0.25) is 0 Å². The molecule has 2 bridgehead atoms. The number of allylic oxidation sites excluding steroid dienone is 1. The maximum absolute atomic E-state index is 5.84. The first-order chi connectivity index (χ1) is 8.32. The van der Waals surface area contributed by atoms with Crippen LogP contribution in [0.15, 0.2) is 65.5 Å². The minimum absolute atomic E-state index is 0.466. The van der Waals surface area contributed by atoms with Gasteiger partial charge in [-0.1, -0.05) is 42.5 Å². The second-order valence-corrected chi connectivity index (χ2v) is 4.17. The Morgan fingerprint density at radius 1 is 1.00 bits per heavy atom. The number of hydrogen-bond acceptors (Lipinski definition) is 2. The number of rotatable bonds is 3. The largest absolute Gasteiger partial charge is 0.496 e. The molecule has 2 aliphatic carbocycles. The Labute approximate surface area is 101 Å². The highest BCUT2D eigenvalue weighted by Gasteiger charge is 2.47. The molecule has 0 N–H and O–H groups in total. The normalized spacial score (nSPS) is 25.4. The Balaban J connectivity index is 2.20. The van der Waals surface area contributed by atoms with Gasteiger partial charge in [0.25, 0.3) is 0 Å². The highest BCUT2D eigenvalue weighted by atomic mass is 16.5. The van der Waals surface area contributed by atoms with Gasteiger partial charge in [0.1, 0.15) is 11.4 Å². The van der Waals surface area contributed by atoms with Crippen molar-refractivity contribution in [3.05, 3.63) is 71.0 Å². The van der Waals surface area contributed by atoms with Gasteiger partial charge in [0.15, 0.2) is 0 Å². The van der Waals surface area contributed by atoms with Crippen LogP contribution in [0.25, 0.3) is 0 Å². The standard InChI is InChI=1S/C15H14O2/c1-16-14-10-12-8-9-13(14)15(12,17-2)11-6-4-3-5-7-11/h3-10H,1-2H3. The van der Waals surface area contributed by atoms with E-state index in [0.717, 1.165) is 22.5 Å². The Kier molecular flexibility index (Phi) is 2.20. The molecule has 0 saturated carbocycles. The van der Waals surface area contributed by atoms with Crippen molar-refractivity contribution in [1.82, 2.24) is 0 Å². The molecule has 0 aliphatic heterocycles. The molecule has 1 aromatic rings. The summed E-state index contributed by atoms with van der Waals surface area (Å²) in [6, 6.07) is 10.2. The van der Waals surface area contributed by atoms with Gasteiger partial charge in [-0.3, -0.25) is 0 Å². The summed E-state index contributed by atoms with van der Waals surface area (Å²) < 4.78 is 11.2. The molecule has 0 radical (unpaired) electrons. The molecule has 0 amide bonds. The van der Waals surface area contributed by atoms with Gasteiger partial charge in [-0.15, -0.1) is 0 Å². The molecule has 17 heavy (non-hydrogen) atoms. The van der Waals surface area contributed by atoms with Crippen LogP contribution in [0.5, 0.6) is 0 Å². The van der Waals surface area contributed by atoms with Crippen LogP contribution < -0.4 is 0 Å². The second-order valence-electron chi connectivity index (χ2n) is 4.17. The minimum Gasteiger partial charge on any atom is -0.496 e. The van der Waals surface area contributed by atoms with Gasteiger partial charge in [-0.2, -0.15) is 0 Å². The second kappa shape index (κ2) is 3.60. The fraction of sp³-hybridized carbons (Fsp3) is 0.200. The van der Waals surface area contributed by atoms with Crippen LogP contribution in [0, 0.1) is 0 Å². The average molecular weight is 226 g/mol. The molecule has 3 rings (SSSR count). The number of hydrogen-bond donors (Lipinski definition) is 0. The van der Waals surface area contributed by atoms with Crippen LogP contribution in [-0.2, 0) is 15.1 Å². The van der Waals surface area contributed by atoms with Crippen molar-refractivity contribution >= 4 is 0 Å². The van der Waals surface area contributed by atoms with E-state index in [1.54, 1.807) is 14.2 Å². The third-order valence-electron chi connectivity index (χ3n) is 3.47. The molecule has 1 atom stereocenters. The van der Waals surface area contributed by atoms with Gasteiger partial charge in [-0.05, 0) is 17.2 Å². The minimum atomic E-state index is -0.466. The molecule has 0 spiro atoms. The summed E-state index contributed by atoms with van der Waals surface area (Å²) in [7, 11) is 3.44. The summed E-state index contributed by atoms with van der Waals surface area (Å²) in [5.74, 6) is 0.896. The zero-order chi connectivity index (χ0) is 11.9. The molecule has 86 valence electrons. The zero-order valence-electron chi connectivity index (χ0n) is 9.94. The molecule has 0 fully saturated rings. The molecule has 1 aromatic carbocycles. The van der Waals surface area contributed by atoms with Crippen LogP contribution >= 0.6 is 0 Å². The monoisotopic (exact) mass is 226 g/mol. The van der Waals surface area contributed by atoms with Crippen LogP contribution in [0.2, 0.25) is 0 Å². The maximum Gasteiger partial charge on any atom is 0.147 e. The summed E-state index contributed by atoms with van der Waals surface area (Å²) in [5.41, 5.74) is 2.90. The summed E-state index contributed by atoms with van der Waals surface area (Å²) in [6.07, 6.45) is 6.21. The van der Waals surface area contributed by atoms with E-state index < -0.39 is 5.60 Å². The lowest BCUT2D eigenvalue weighted by Crippen LogP contribution is -2.27. The molecule has 0 saturated heterocycles. The van der Waals surface area contributed by atoms with E-state index in [4.69, 9.17) is 9.47 Å². The van der Waals surface area contributed by atoms with E-state index >= 15 is 0 Å². The molecule has 2 heteroatoms. The maximum atomic E-state index is 5.84. The van der Waals surface area contributed by atoms with Crippen molar-refractivity contribution in [2.45, 2.75) is 5.60 Å². The van der Waals surface area contributed by atoms with Gasteiger partial charge in [-0.25, -0.2) is 0 Å². The predicted octanol–water partition coefficient (Wildman–Crippen LogP) is 2.94. The molecule has 2 aliphatic rings. The lowest BCUT2D eigenvalue weighted by atomic mass is 9.87. The molecule has 1 unspecified atom stereocenters. The van der Waals surface area contributed by atoms with E-state index in [9.17, 15) is 0 Å². The topological polar surface area (TPSA) is 18.5 Å². The predicted molar refractivity (Wildman–Crippen MR) is 66.4 cm³/mol. The van der Waals surface area contributed by atoms with Gasteiger partial charge in [0.05, 0.1) is 7.11 Å². The Morgan fingerprint density at radius 2 is 1.76 bits per heavy atom. The highest BCUT2D eigenvalue weighted by Crippen LogP contribution is 2.51. The van der Waals surface area contributed by atoms with Crippen LogP contribution in [0.1, 0.15) is 5.56 Å². The number of fused-ring (bicyclic) bond motifs is 2. The molecular formula is C15H14O2. The SMILES string of the molecule is COC1=C2C=CC(=C1)C2(OC)c1ccccc1. The van der Waals surface area contributed by atoms with Crippen molar-refractivity contribution < 1.29 is 9.47 Å². The first kappa shape index (κ1) is 10.4. The van der Waals surface area contributed by atoms with Crippen molar-refractivity contribution in [1.29, 1.82) is 0 Å². The Bertz CT molecular complexity index is 537. The highest BCUT2D eigenvalue weighted by molar-refractivity contribution is 5.65. The van der Waals surface area contributed by atoms with Crippen LogP contribution in [0.3, 0.4) is 0 Å². The summed E-state index contributed by atoms with van der Waals surface area (Å²) in [4.78, 5) is 0. The Hall–Kier alpha value is -1.80. The first-order valence-corrected chi connectivity index (χ1v) is 5.62. The van der Waals surface area contributed by atoms with E-state index in [2.05, 4.69) is 24.3 Å². The zero-order valence-corrected chi connectivity index (χ0v) is 9.94. The van der Waals surface area contributed by atoms with Gasteiger partial charge >= 0.3 is 0 Å². The quantitative estimate of drug-likeness (QED) is 0.789. The fourth-order valence-corrected chi connectivity index (χ4v) is 2.70. The fourth-order valence-electron chi connectivity index (χ4n) is 2.70. The third kappa shape index (κ3) is 1.19. The first-order valence-electron chi connectivity index (χ1n) is 5.62. The third-order valence-corrected chi connectivity index (χ3v) is 3.47. The smallest absolute Gasteiger partial charge is 0.147 e. The summed E-state index contributed by atoms with van der Waals surface area (Å²) >= 11 is 0. The van der Waals surface area contributed by atoms with Crippen molar-refractivity contribution in [2.75, 3.05) is 14.2 Å². The van der Waals surface area contributed by atoms with E-state index in [-0.39, 0.29) is 0 Å². The lowest BCUT2D eigenvalue weighted by Gasteiger charge is -2.29. The molecule has 0 aromatic heterocycles. The van der Waals surface area contributed by atoms with Gasteiger partial charge < -0.3 is 9.47 Å². The molecule has 2 nitrogen and oxygen atoms in total. The lowest BCUT2D eigenvalue weighted by molar-refractivity contribution is 0.0611. The average Bonchev–Trinajstić information content (AvgIpc) is 2.92. The summed E-state index contributed by atoms with van der Waals surface area (Å²) in [6.45, 7) is 0. The Morgan fingerprint density at radius 3 is 2.35 bits per heavy atom. The van der Waals surface area contributed by atoms with Crippen LogP contribution in [0.4, 0.5) is 0 Å². The van der Waals surface area contributed by atoms with E-state index in [0.29, 0.717) is 0 Å². The van der Waals surface area contributed by atoms with Crippen molar-refractivity contribution in [2.24, 2.45) is 0 Å². The van der Waals surface area contributed by atoms with Crippen molar-refractivity contribution in [3.8, 4) is 0 Å². The molecular weight excluding hydrogens is 212 g/mol. The molecule has 0 heterocycles.